The Balaban J connectivity index is 2.36. The monoisotopic (exact) mass is 310 g/mol. The van der Waals surface area contributed by atoms with Crippen molar-refractivity contribution in [2.75, 3.05) is 0 Å². The molecule has 0 atom stereocenters. The van der Waals surface area contributed by atoms with Crippen LogP contribution in [0.3, 0.4) is 0 Å². The molecule has 2 aromatic carbocycles. The first-order valence-electron chi connectivity index (χ1n) is 7.14. The molecule has 4 nitrogen and oxygen atoms in total. The molecule has 1 aromatic heterocycles. The second-order valence-electron chi connectivity index (χ2n) is 5.34. The predicted molar refractivity (Wildman–Crippen MR) is 85.4 cm³/mol. The lowest BCUT2D eigenvalue weighted by Gasteiger charge is -2.10. The minimum Gasteiger partial charge on any atom is -0.478 e. The van der Waals surface area contributed by atoms with Gasteiger partial charge in [-0.1, -0.05) is 24.3 Å². The standard InChI is InChI=1S/C18H15FN2O2/c1-11-6-5-7-13(10-11)21-17(14-8-3-4-9-15(14)19)16(18(22)23)12(2)20-21/h3-10H,1-2H3,(H,22,23). The first kappa shape index (κ1) is 15.0. The number of benzene rings is 2. The van der Waals surface area contributed by atoms with Crippen LogP contribution in [0.5, 0.6) is 0 Å². The molecule has 23 heavy (non-hydrogen) atoms. The van der Waals surface area contributed by atoms with Crippen molar-refractivity contribution in [1.29, 1.82) is 0 Å². The predicted octanol–water partition coefficient (Wildman–Crippen LogP) is 3.99. The summed E-state index contributed by atoms with van der Waals surface area (Å²) in [6, 6.07) is 13.6. The molecule has 0 aliphatic carbocycles. The van der Waals surface area contributed by atoms with E-state index in [0.717, 1.165) is 5.56 Å². The van der Waals surface area contributed by atoms with Crippen LogP contribution in [-0.2, 0) is 0 Å². The molecule has 0 aliphatic rings. The summed E-state index contributed by atoms with van der Waals surface area (Å²) >= 11 is 0. The van der Waals surface area contributed by atoms with Crippen molar-refractivity contribution in [3.8, 4) is 16.9 Å². The molecular formula is C18H15FN2O2. The number of rotatable bonds is 3. The highest BCUT2D eigenvalue weighted by atomic mass is 19.1. The molecule has 0 saturated heterocycles. The molecule has 0 spiro atoms. The van der Waals surface area contributed by atoms with Crippen LogP contribution in [0, 0.1) is 19.7 Å². The molecule has 3 rings (SSSR count). The lowest BCUT2D eigenvalue weighted by Crippen LogP contribution is -2.04. The van der Waals surface area contributed by atoms with Gasteiger partial charge in [-0.15, -0.1) is 0 Å². The maximum Gasteiger partial charge on any atom is 0.339 e. The lowest BCUT2D eigenvalue weighted by molar-refractivity contribution is 0.0697. The highest BCUT2D eigenvalue weighted by Gasteiger charge is 2.24. The zero-order chi connectivity index (χ0) is 16.6. The SMILES string of the molecule is Cc1cccc(-n2nc(C)c(C(=O)O)c2-c2ccccc2F)c1. The minimum absolute atomic E-state index is 0.0107. The van der Waals surface area contributed by atoms with Gasteiger partial charge in [-0.3, -0.25) is 0 Å². The molecule has 0 bridgehead atoms. The van der Waals surface area contributed by atoms with Gasteiger partial charge in [-0.05, 0) is 43.7 Å². The first-order valence-corrected chi connectivity index (χ1v) is 7.14. The number of carboxylic acid groups (broad SMARTS) is 1. The van der Waals surface area contributed by atoms with E-state index in [2.05, 4.69) is 5.10 Å². The van der Waals surface area contributed by atoms with E-state index in [0.29, 0.717) is 11.4 Å². The summed E-state index contributed by atoms with van der Waals surface area (Å²) < 4.78 is 15.8. The van der Waals surface area contributed by atoms with Gasteiger partial charge in [-0.25, -0.2) is 13.9 Å². The molecule has 0 fully saturated rings. The average molecular weight is 310 g/mol. The highest BCUT2D eigenvalue weighted by Crippen LogP contribution is 2.31. The van der Waals surface area contributed by atoms with Gasteiger partial charge in [-0.2, -0.15) is 5.10 Å². The molecule has 0 unspecified atom stereocenters. The van der Waals surface area contributed by atoms with E-state index in [-0.39, 0.29) is 16.8 Å². The molecule has 1 heterocycles. The van der Waals surface area contributed by atoms with Crippen LogP contribution in [0.15, 0.2) is 48.5 Å². The number of nitrogens with zero attached hydrogens (tertiary/aromatic N) is 2. The Labute approximate surface area is 132 Å². The fraction of sp³-hybridized carbons (Fsp3) is 0.111. The molecule has 0 amide bonds. The van der Waals surface area contributed by atoms with Gasteiger partial charge in [0.05, 0.1) is 17.1 Å². The summed E-state index contributed by atoms with van der Waals surface area (Å²) in [6.45, 7) is 3.54. The lowest BCUT2D eigenvalue weighted by atomic mass is 10.0. The maximum atomic E-state index is 14.3. The van der Waals surface area contributed by atoms with Crippen molar-refractivity contribution in [2.24, 2.45) is 0 Å². The normalized spacial score (nSPS) is 10.7. The number of halogens is 1. The topological polar surface area (TPSA) is 55.1 Å². The summed E-state index contributed by atoms with van der Waals surface area (Å²) in [5, 5.41) is 13.9. The first-order chi connectivity index (χ1) is 11.0. The molecule has 3 aromatic rings. The molecule has 0 saturated carbocycles. The van der Waals surface area contributed by atoms with Crippen molar-refractivity contribution in [3.05, 3.63) is 71.2 Å². The highest BCUT2D eigenvalue weighted by molar-refractivity contribution is 5.96. The van der Waals surface area contributed by atoms with E-state index in [9.17, 15) is 14.3 Å². The van der Waals surface area contributed by atoms with E-state index in [1.54, 1.807) is 25.1 Å². The van der Waals surface area contributed by atoms with Crippen LogP contribution >= 0.6 is 0 Å². The minimum atomic E-state index is -1.13. The second-order valence-corrected chi connectivity index (χ2v) is 5.34. The Kier molecular flexibility index (Phi) is 3.70. The van der Waals surface area contributed by atoms with Gasteiger partial charge in [0.15, 0.2) is 0 Å². The summed E-state index contributed by atoms with van der Waals surface area (Å²) in [5.41, 5.74) is 2.52. The number of hydrogen-bond acceptors (Lipinski definition) is 2. The number of carboxylic acids is 1. The van der Waals surface area contributed by atoms with E-state index < -0.39 is 11.8 Å². The second kappa shape index (κ2) is 5.68. The van der Waals surface area contributed by atoms with Crippen molar-refractivity contribution >= 4 is 5.97 Å². The Morgan fingerprint density at radius 1 is 1.13 bits per heavy atom. The largest absolute Gasteiger partial charge is 0.478 e. The van der Waals surface area contributed by atoms with Crippen molar-refractivity contribution in [2.45, 2.75) is 13.8 Å². The molecular weight excluding hydrogens is 295 g/mol. The van der Waals surface area contributed by atoms with E-state index >= 15 is 0 Å². The van der Waals surface area contributed by atoms with Crippen LogP contribution in [0.2, 0.25) is 0 Å². The summed E-state index contributed by atoms with van der Waals surface area (Å²) in [7, 11) is 0. The third-order valence-corrected chi connectivity index (χ3v) is 3.65. The van der Waals surface area contributed by atoms with Crippen LogP contribution in [0.4, 0.5) is 4.39 Å². The van der Waals surface area contributed by atoms with Gasteiger partial charge in [0.2, 0.25) is 0 Å². The van der Waals surface area contributed by atoms with E-state index in [1.807, 2.05) is 31.2 Å². The number of carbonyl (C=O) groups is 1. The Morgan fingerprint density at radius 2 is 1.87 bits per heavy atom. The van der Waals surface area contributed by atoms with E-state index in [4.69, 9.17) is 0 Å². The van der Waals surface area contributed by atoms with Gasteiger partial charge in [0.1, 0.15) is 11.4 Å². The quantitative estimate of drug-likeness (QED) is 0.795. The molecule has 0 radical (unpaired) electrons. The van der Waals surface area contributed by atoms with Crippen molar-refractivity contribution < 1.29 is 14.3 Å². The summed E-state index contributed by atoms with van der Waals surface area (Å²) in [5.74, 6) is -1.61. The molecule has 0 aliphatic heterocycles. The third kappa shape index (κ3) is 2.61. The van der Waals surface area contributed by atoms with Gasteiger partial charge in [0, 0.05) is 5.56 Å². The van der Waals surface area contributed by atoms with Crippen LogP contribution < -0.4 is 0 Å². The Morgan fingerprint density at radius 3 is 2.52 bits per heavy atom. The van der Waals surface area contributed by atoms with Crippen LogP contribution in [0.25, 0.3) is 16.9 Å². The van der Waals surface area contributed by atoms with Crippen LogP contribution in [-0.4, -0.2) is 20.9 Å². The maximum absolute atomic E-state index is 14.3. The number of hydrogen-bond donors (Lipinski definition) is 1. The number of aryl methyl sites for hydroxylation is 2. The summed E-state index contributed by atoms with van der Waals surface area (Å²) in [6.07, 6.45) is 0. The van der Waals surface area contributed by atoms with Gasteiger partial charge >= 0.3 is 5.97 Å². The fourth-order valence-corrected chi connectivity index (χ4v) is 2.63. The number of aromatic nitrogens is 2. The molecule has 1 N–H and O–H groups in total. The summed E-state index contributed by atoms with van der Waals surface area (Å²) in [4.78, 5) is 11.7. The van der Waals surface area contributed by atoms with E-state index in [1.165, 1.54) is 10.7 Å². The molecule has 5 heteroatoms. The zero-order valence-electron chi connectivity index (χ0n) is 12.7. The molecule has 116 valence electrons. The van der Waals surface area contributed by atoms with Crippen molar-refractivity contribution in [3.63, 3.8) is 0 Å². The van der Waals surface area contributed by atoms with Crippen molar-refractivity contribution in [1.82, 2.24) is 9.78 Å². The van der Waals surface area contributed by atoms with Crippen LogP contribution in [0.1, 0.15) is 21.6 Å². The fourth-order valence-electron chi connectivity index (χ4n) is 2.63. The van der Waals surface area contributed by atoms with Gasteiger partial charge < -0.3 is 5.11 Å². The Hall–Kier alpha value is -2.95. The smallest absolute Gasteiger partial charge is 0.339 e. The Bertz CT molecular complexity index is 900. The van der Waals surface area contributed by atoms with Gasteiger partial charge in [0.25, 0.3) is 0 Å². The average Bonchev–Trinajstić information content (AvgIpc) is 2.85. The third-order valence-electron chi connectivity index (χ3n) is 3.65. The zero-order valence-corrected chi connectivity index (χ0v) is 12.7. The number of aromatic carboxylic acids is 1.